The SMILES string of the molecule is NCc1cc2cc(C(F)(F)F)c(OCc3cscn3)cc2[nH]1. The zero-order valence-electron chi connectivity index (χ0n) is 11.3. The highest BCUT2D eigenvalue weighted by atomic mass is 32.1. The molecule has 0 radical (unpaired) electrons. The Labute approximate surface area is 127 Å². The Kier molecular flexibility index (Phi) is 3.79. The van der Waals surface area contributed by atoms with Gasteiger partial charge in [0, 0.05) is 34.6 Å². The van der Waals surface area contributed by atoms with Gasteiger partial charge in [0.15, 0.2) is 0 Å². The van der Waals surface area contributed by atoms with Crippen molar-refractivity contribution < 1.29 is 17.9 Å². The number of nitrogens with zero attached hydrogens (tertiary/aromatic N) is 1. The first kappa shape index (κ1) is 14.9. The molecule has 0 amide bonds. The van der Waals surface area contributed by atoms with Crippen LogP contribution in [0.15, 0.2) is 29.1 Å². The number of thiazole rings is 1. The van der Waals surface area contributed by atoms with Crippen LogP contribution in [-0.4, -0.2) is 9.97 Å². The second kappa shape index (κ2) is 5.62. The maximum Gasteiger partial charge on any atom is 0.419 e. The fourth-order valence-electron chi connectivity index (χ4n) is 2.13. The summed E-state index contributed by atoms with van der Waals surface area (Å²) in [6.45, 7) is 0.216. The summed E-state index contributed by atoms with van der Waals surface area (Å²) in [7, 11) is 0. The van der Waals surface area contributed by atoms with Crippen LogP contribution in [0.1, 0.15) is 17.0 Å². The fourth-order valence-corrected chi connectivity index (χ4v) is 2.68. The van der Waals surface area contributed by atoms with Gasteiger partial charge in [-0.2, -0.15) is 13.2 Å². The number of nitrogens with one attached hydrogen (secondary N) is 1. The summed E-state index contributed by atoms with van der Waals surface area (Å²) < 4.78 is 44.9. The normalized spacial score (nSPS) is 12.0. The molecule has 0 saturated heterocycles. The predicted octanol–water partition coefficient (Wildman–Crippen LogP) is 3.68. The minimum atomic E-state index is -4.49. The number of hydrogen-bond donors (Lipinski definition) is 2. The summed E-state index contributed by atoms with van der Waals surface area (Å²) in [6, 6.07) is 4.03. The number of rotatable bonds is 4. The van der Waals surface area contributed by atoms with Crippen molar-refractivity contribution in [2.24, 2.45) is 5.73 Å². The quantitative estimate of drug-likeness (QED) is 0.768. The van der Waals surface area contributed by atoms with Gasteiger partial charge in [-0.3, -0.25) is 0 Å². The topological polar surface area (TPSA) is 63.9 Å². The summed E-state index contributed by atoms with van der Waals surface area (Å²) in [5.41, 5.74) is 8.11. The van der Waals surface area contributed by atoms with Crippen LogP contribution in [0.2, 0.25) is 0 Å². The minimum absolute atomic E-state index is 0.0114. The molecule has 0 bridgehead atoms. The molecule has 22 heavy (non-hydrogen) atoms. The summed E-state index contributed by atoms with van der Waals surface area (Å²) in [5, 5.41) is 2.18. The Bertz CT molecular complexity index is 781. The van der Waals surface area contributed by atoms with E-state index in [0.717, 1.165) is 6.07 Å². The molecule has 1 aromatic carbocycles. The van der Waals surface area contributed by atoms with Crippen molar-refractivity contribution in [1.82, 2.24) is 9.97 Å². The highest BCUT2D eigenvalue weighted by Crippen LogP contribution is 2.39. The van der Waals surface area contributed by atoms with E-state index in [9.17, 15) is 13.2 Å². The molecule has 2 heterocycles. The number of alkyl halides is 3. The predicted molar refractivity (Wildman–Crippen MR) is 77.6 cm³/mol. The maximum atomic E-state index is 13.2. The first-order valence-electron chi connectivity index (χ1n) is 6.40. The number of hydrogen-bond acceptors (Lipinski definition) is 4. The molecule has 0 fully saturated rings. The van der Waals surface area contributed by atoms with Gasteiger partial charge in [-0.15, -0.1) is 11.3 Å². The number of H-pyrrole nitrogens is 1. The second-order valence-corrected chi connectivity index (χ2v) is 5.42. The van der Waals surface area contributed by atoms with Gasteiger partial charge in [0.1, 0.15) is 12.4 Å². The summed E-state index contributed by atoms with van der Waals surface area (Å²) in [4.78, 5) is 6.96. The molecule has 0 unspecified atom stereocenters. The van der Waals surface area contributed by atoms with Crippen LogP contribution in [0.4, 0.5) is 13.2 Å². The third-order valence-corrected chi connectivity index (χ3v) is 3.80. The third kappa shape index (κ3) is 2.93. The standard InChI is InChI=1S/C14H12F3N3OS/c15-14(16,17)11-2-8-1-9(4-18)20-12(8)3-13(11)21-5-10-6-22-7-19-10/h1-3,6-7,20H,4-5,18H2. The van der Waals surface area contributed by atoms with E-state index < -0.39 is 11.7 Å². The smallest absolute Gasteiger partial charge is 0.419 e. The largest absolute Gasteiger partial charge is 0.487 e. The van der Waals surface area contributed by atoms with Gasteiger partial charge in [0.2, 0.25) is 0 Å². The number of ether oxygens (including phenoxy) is 1. The monoisotopic (exact) mass is 327 g/mol. The third-order valence-electron chi connectivity index (χ3n) is 3.16. The van der Waals surface area contributed by atoms with Crippen LogP contribution >= 0.6 is 11.3 Å². The van der Waals surface area contributed by atoms with Gasteiger partial charge in [-0.1, -0.05) is 0 Å². The number of fused-ring (bicyclic) bond motifs is 1. The molecule has 0 atom stereocenters. The van der Waals surface area contributed by atoms with E-state index >= 15 is 0 Å². The van der Waals surface area contributed by atoms with Crippen molar-refractivity contribution >= 4 is 22.2 Å². The van der Waals surface area contributed by atoms with Crippen molar-refractivity contribution in [1.29, 1.82) is 0 Å². The van der Waals surface area contributed by atoms with Crippen molar-refractivity contribution in [3.8, 4) is 5.75 Å². The molecule has 0 saturated carbocycles. The molecule has 0 aliphatic carbocycles. The van der Waals surface area contributed by atoms with Crippen LogP contribution in [0.25, 0.3) is 10.9 Å². The summed E-state index contributed by atoms with van der Waals surface area (Å²) in [5.74, 6) is -0.224. The van der Waals surface area contributed by atoms with E-state index in [4.69, 9.17) is 10.5 Å². The van der Waals surface area contributed by atoms with Gasteiger partial charge < -0.3 is 15.5 Å². The lowest BCUT2D eigenvalue weighted by molar-refractivity contribution is -0.138. The Hall–Kier alpha value is -2.06. The Balaban J connectivity index is 2.01. The van der Waals surface area contributed by atoms with E-state index in [0.29, 0.717) is 22.3 Å². The molecule has 0 aliphatic rings. The van der Waals surface area contributed by atoms with Crippen LogP contribution in [0.5, 0.6) is 5.75 Å². The van der Waals surface area contributed by atoms with E-state index in [-0.39, 0.29) is 18.9 Å². The molecule has 116 valence electrons. The Morgan fingerprint density at radius 3 is 2.73 bits per heavy atom. The van der Waals surface area contributed by atoms with Gasteiger partial charge in [-0.05, 0) is 12.1 Å². The molecule has 2 aromatic heterocycles. The molecular weight excluding hydrogens is 315 g/mol. The second-order valence-electron chi connectivity index (χ2n) is 4.70. The van der Waals surface area contributed by atoms with Gasteiger partial charge in [0.25, 0.3) is 0 Å². The molecule has 0 spiro atoms. The number of halogens is 3. The molecular formula is C14H12F3N3OS. The maximum absolute atomic E-state index is 13.2. The summed E-state index contributed by atoms with van der Waals surface area (Å²) in [6.07, 6.45) is -4.49. The van der Waals surface area contributed by atoms with Crippen LogP contribution in [0, 0.1) is 0 Å². The highest BCUT2D eigenvalue weighted by molar-refractivity contribution is 7.07. The first-order valence-corrected chi connectivity index (χ1v) is 7.34. The number of nitrogens with two attached hydrogens (primary N) is 1. The van der Waals surface area contributed by atoms with E-state index in [1.165, 1.54) is 17.4 Å². The van der Waals surface area contributed by atoms with E-state index in [2.05, 4.69) is 9.97 Å². The van der Waals surface area contributed by atoms with Crippen molar-refractivity contribution in [2.45, 2.75) is 19.3 Å². The van der Waals surface area contributed by atoms with Crippen LogP contribution in [0.3, 0.4) is 0 Å². The zero-order valence-corrected chi connectivity index (χ0v) is 12.1. The lowest BCUT2D eigenvalue weighted by Gasteiger charge is -2.13. The first-order chi connectivity index (χ1) is 10.5. The molecule has 3 aromatic rings. The Morgan fingerprint density at radius 2 is 2.09 bits per heavy atom. The molecule has 4 nitrogen and oxygen atoms in total. The fraction of sp³-hybridized carbons (Fsp3) is 0.214. The average molecular weight is 327 g/mol. The average Bonchev–Trinajstić information content (AvgIpc) is 3.11. The Morgan fingerprint density at radius 1 is 1.27 bits per heavy atom. The zero-order chi connectivity index (χ0) is 15.7. The van der Waals surface area contributed by atoms with Crippen LogP contribution < -0.4 is 10.5 Å². The van der Waals surface area contributed by atoms with Gasteiger partial charge in [0.05, 0.1) is 16.8 Å². The summed E-state index contributed by atoms with van der Waals surface area (Å²) >= 11 is 1.36. The number of aromatic amines is 1. The van der Waals surface area contributed by atoms with E-state index in [1.54, 1.807) is 17.0 Å². The van der Waals surface area contributed by atoms with Crippen LogP contribution in [-0.2, 0) is 19.3 Å². The van der Waals surface area contributed by atoms with Crippen molar-refractivity contribution in [3.05, 3.63) is 46.0 Å². The minimum Gasteiger partial charge on any atom is -0.487 e. The van der Waals surface area contributed by atoms with Crippen molar-refractivity contribution in [3.63, 3.8) is 0 Å². The lowest BCUT2D eigenvalue weighted by atomic mass is 10.1. The van der Waals surface area contributed by atoms with Gasteiger partial charge >= 0.3 is 6.18 Å². The van der Waals surface area contributed by atoms with Crippen molar-refractivity contribution in [2.75, 3.05) is 0 Å². The molecule has 3 rings (SSSR count). The van der Waals surface area contributed by atoms with Gasteiger partial charge in [-0.25, -0.2) is 4.98 Å². The lowest BCUT2D eigenvalue weighted by Crippen LogP contribution is -2.09. The number of aromatic nitrogens is 2. The molecule has 0 aliphatic heterocycles. The highest BCUT2D eigenvalue weighted by Gasteiger charge is 2.35. The molecule has 8 heteroatoms. The number of benzene rings is 1. The van der Waals surface area contributed by atoms with E-state index in [1.807, 2.05) is 0 Å². The molecule has 3 N–H and O–H groups in total.